The van der Waals surface area contributed by atoms with E-state index in [-0.39, 0.29) is 28.6 Å². The van der Waals surface area contributed by atoms with Crippen LogP contribution in [0.15, 0.2) is 36.4 Å². The molecule has 7 nitrogen and oxygen atoms in total. The number of carboxylic acids is 1. The SMILES string of the molecule is COc1cc(CNc2ccc(C(=O)O)c(Cl)c2)ccc1OCC(=O)NC(C)(C)C. The van der Waals surface area contributed by atoms with E-state index in [2.05, 4.69) is 10.6 Å². The van der Waals surface area contributed by atoms with Crippen LogP contribution in [-0.4, -0.2) is 36.2 Å². The Hall–Kier alpha value is -2.93. The first-order valence-corrected chi connectivity index (χ1v) is 9.34. The van der Waals surface area contributed by atoms with Crippen molar-refractivity contribution in [3.05, 3.63) is 52.5 Å². The van der Waals surface area contributed by atoms with E-state index in [1.54, 1.807) is 24.3 Å². The number of nitrogens with one attached hydrogen (secondary N) is 2. The Kier molecular flexibility index (Phi) is 7.34. The predicted molar refractivity (Wildman–Crippen MR) is 112 cm³/mol. The number of halogens is 1. The number of aromatic carboxylic acids is 1. The van der Waals surface area contributed by atoms with Crippen molar-refractivity contribution in [1.29, 1.82) is 0 Å². The van der Waals surface area contributed by atoms with Crippen molar-refractivity contribution in [1.82, 2.24) is 5.32 Å². The Morgan fingerprint density at radius 2 is 1.83 bits per heavy atom. The van der Waals surface area contributed by atoms with Gasteiger partial charge in [0.05, 0.1) is 17.7 Å². The van der Waals surface area contributed by atoms with Gasteiger partial charge in [0, 0.05) is 17.8 Å². The third-order valence-electron chi connectivity index (χ3n) is 3.80. The van der Waals surface area contributed by atoms with Crippen LogP contribution in [0.25, 0.3) is 0 Å². The van der Waals surface area contributed by atoms with Crippen molar-refractivity contribution >= 4 is 29.2 Å². The molecule has 0 aliphatic rings. The van der Waals surface area contributed by atoms with Crippen LogP contribution in [0, 0.1) is 0 Å². The average molecular weight is 421 g/mol. The third-order valence-corrected chi connectivity index (χ3v) is 4.11. The third kappa shape index (κ3) is 6.87. The summed E-state index contributed by atoms with van der Waals surface area (Å²) in [6.07, 6.45) is 0. The Labute approximate surface area is 175 Å². The van der Waals surface area contributed by atoms with Crippen LogP contribution >= 0.6 is 11.6 Å². The molecule has 0 atom stereocenters. The maximum Gasteiger partial charge on any atom is 0.337 e. The van der Waals surface area contributed by atoms with Crippen molar-refractivity contribution in [2.24, 2.45) is 0 Å². The minimum atomic E-state index is -1.07. The summed E-state index contributed by atoms with van der Waals surface area (Å²) < 4.78 is 10.9. The summed E-state index contributed by atoms with van der Waals surface area (Å²) in [6.45, 7) is 6.05. The first-order chi connectivity index (χ1) is 13.6. The topological polar surface area (TPSA) is 96.9 Å². The molecular weight excluding hydrogens is 396 g/mol. The number of carbonyl (C=O) groups excluding carboxylic acids is 1. The van der Waals surface area contributed by atoms with E-state index in [0.717, 1.165) is 5.56 Å². The molecule has 1 amide bonds. The Morgan fingerprint density at radius 1 is 1.10 bits per heavy atom. The highest BCUT2D eigenvalue weighted by Gasteiger charge is 2.15. The van der Waals surface area contributed by atoms with Crippen LogP contribution in [0.3, 0.4) is 0 Å². The number of ether oxygens (including phenoxy) is 2. The minimum absolute atomic E-state index is 0.0517. The van der Waals surface area contributed by atoms with Crippen LogP contribution in [0.2, 0.25) is 5.02 Å². The summed E-state index contributed by atoms with van der Waals surface area (Å²) >= 11 is 5.98. The monoisotopic (exact) mass is 420 g/mol. The average Bonchev–Trinajstić information content (AvgIpc) is 2.63. The molecule has 0 bridgehead atoms. The van der Waals surface area contributed by atoms with Crippen LogP contribution in [0.5, 0.6) is 11.5 Å². The summed E-state index contributed by atoms with van der Waals surface area (Å²) in [5, 5.41) is 15.2. The molecule has 8 heteroatoms. The molecule has 0 aliphatic heterocycles. The number of benzene rings is 2. The summed E-state index contributed by atoms with van der Waals surface area (Å²) in [5.41, 5.74) is 1.33. The van der Waals surface area contributed by atoms with E-state index < -0.39 is 5.97 Å². The van der Waals surface area contributed by atoms with Crippen LogP contribution < -0.4 is 20.1 Å². The second kappa shape index (κ2) is 9.52. The molecule has 0 spiro atoms. The number of hydrogen-bond acceptors (Lipinski definition) is 5. The van der Waals surface area contributed by atoms with Gasteiger partial charge in [0.1, 0.15) is 0 Å². The minimum Gasteiger partial charge on any atom is -0.493 e. The van der Waals surface area contributed by atoms with Crippen LogP contribution in [-0.2, 0) is 11.3 Å². The van der Waals surface area contributed by atoms with Gasteiger partial charge >= 0.3 is 5.97 Å². The van der Waals surface area contributed by atoms with Gasteiger partial charge in [-0.3, -0.25) is 4.79 Å². The number of rotatable bonds is 8. The van der Waals surface area contributed by atoms with Gasteiger partial charge in [0.25, 0.3) is 5.91 Å². The van der Waals surface area contributed by atoms with Gasteiger partial charge in [-0.1, -0.05) is 17.7 Å². The molecular formula is C21H25ClN2O5. The van der Waals surface area contributed by atoms with Gasteiger partial charge < -0.3 is 25.2 Å². The lowest BCUT2D eigenvalue weighted by molar-refractivity contribution is -0.124. The van der Waals surface area contributed by atoms with E-state index in [1.165, 1.54) is 13.2 Å². The van der Waals surface area contributed by atoms with Gasteiger partial charge in [-0.05, 0) is 56.7 Å². The molecule has 156 valence electrons. The molecule has 0 radical (unpaired) electrons. The molecule has 0 saturated heterocycles. The molecule has 2 rings (SSSR count). The molecule has 0 saturated carbocycles. The number of amides is 1. The molecule has 0 aromatic heterocycles. The zero-order valence-electron chi connectivity index (χ0n) is 16.8. The maximum atomic E-state index is 11.9. The lowest BCUT2D eigenvalue weighted by atomic mass is 10.1. The molecule has 29 heavy (non-hydrogen) atoms. The van der Waals surface area contributed by atoms with Crippen LogP contribution in [0.4, 0.5) is 5.69 Å². The molecule has 0 heterocycles. The molecule has 0 fully saturated rings. The second-order valence-corrected chi connectivity index (χ2v) is 7.83. The zero-order chi connectivity index (χ0) is 21.6. The fourth-order valence-corrected chi connectivity index (χ4v) is 2.80. The molecule has 3 N–H and O–H groups in total. The quantitative estimate of drug-likeness (QED) is 0.598. The summed E-state index contributed by atoms with van der Waals surface area (Å²) in [5.74, 6) is -0.314. The lowest BCUT2D eigenvalue weighted by Gasteiger charge is -2.20. The van der Waals surface area contributed by atoms with Gasteiger partial charge in [0.15, 0.2) is 18.1 Å². The summed E-state index contributed by atoms with van der Waals surface area (Å²) in [4.78, 5) is 22.9. The van der Waals surface area contributed by atoms with E-state index in [1.807, 2.05) is 26.8 Å². The van der Waals surface area contributed by atoms with Crippen molar-refractivity contribution in [3.63, 3.8) is 0 Å². The largest absolute Gasteiger partial charge is 0.493 e. The number of carboxylic acid groups (broad SMARTS) is 1. The highest BCUT2D eigenvalue weighted by molar-refractivity contribution is 6.33. The summed E-state index contributed by atoms with van der Waals surface area (Å²) in [7, 11) is 1.53. The van der Waals surface area contributed by atoms with E-state index in [4.69, 9.17) is 26.2 Å². The summed E-state index contributed by atoms with van der Waals surface area (Å²) in [6, 6.07) is 10.1. The van der Waals surface area contributed by atoms with E-state index in [9.17, 15) is 9.59 Å². The van der Waals surface area contributed by atoms with Crippen molar-refractivity contribution < 1.29 is 24.2 Å². The first kappa shape index (κ1) is 22.4. The van der Waals surface area contributed by atoms with Gasteiger partial charge in [-0.2, -0.15) is 0 Å². The molecule has 0 unspecified atom stereocenters. The zero-order valence-corrected chi connectivity index (χ0v) is 17.6. The highest BCUT2D eigenvalue weighted by Crippen LogP contribution is 2.29. The lowest BCUT2D eigenvalue weighted by Crippen LogP contribution is -2.43. The number of methoxy groups -OCH3 is 1. The van der Waals surface area contributed by atoms with Gasteiger partial charge in [-0.25, -0.2) is 4.79 Å². The van der Waals surface area contributed by atoms with Crippen molar-refractivity contribution in [2.45, 2.75) is 32.9 Å². The fourth-order valence-electron chi connectivity index (χ4n) is 2.54. The fraction of sp³-hybridized carbons (Fsp3) is 0.333. The van der Waals surface area contributed by atoms with Gasteiger partial charge in [0.2, 0.25) is 0 Å². The van der Waals surface area contributed by atoms with E-state index in [0.29, 0.717) is 23.7 Å². The first-order valence-electron chi connectivity index (χ1n) is 8.96. The highest BCUT2D eigenvalue weighted by atomic mass is 35.5. The van der Waals surface area contributed by atoms with Crippen molar-refractivity contribution in [3.8, 4) is 11.5 Å². The number of anilines is 1. The molecule has 2 aromatic carbocycles. The smallest absolute Gasteiger partial charge is 0.337 e. The normalized spacial score (nSPS) is 10.9. The number of carbonyl (C=O) groups is 2. The Morgan fingerprint density at radius 3 is 2.41 bits per heavy atom. The Balaban J connectivity index is 2.00. The van der Waals surface area contributed by atoms with E-state index >= 15 is 0 Å². The standard InChI is InChI=1S/C21H25ClN2O5/c1-21(2,3)24-19(25)12-29-17-8-5-13(9-18(17)28-4)11-23-14-6-7-15(20(26)27)16(22)10-14/h5-10,23H,11-12H2,1-4H3,(H,24,25)(H,26,27). The molecule has 2 aromatic rings. The predicted octanol–water partition coefficient (Wildman–Crippen LogP) is 3.95. The van der Waals surface area contributed by atoms with Crippen LogP contribution in [0.1, 0.15) is 36.7 Å². The molecule has 0 aliphatic carbocycles. The Bertz CT molecular complexity index is 893. The second-order valence-electron chi connectivity index (χ2n) is 7.43. The maximum absolute atomic E-state index is 11.9. The van der Waals surface area contributed by atoms with Gasteiger partial charge in [-0.15, -0.1) is 0 Å². The number of hydrogen-bond donors (Lipinski definition) is 3. The van der Waals surface area contributed by atoms with Crippen molar-refractivity contribution in [2.75, 3.05) is 19.0 Å².